The molecule has 0 aliphatic carbocycles. The van der Waals surface area contributed by atoms with Gasteiger partial charge in [-0.25, -0.2) is 5.43 Å². The summed E-state index contributed by atoms with van der Waals surface area (Å²) >= 11 is 1.41. The Labute approximate surface area is 149 Å². The van der Waals surface area contributed by atoms with Crippen LogP contribution in [0.3, 0.4) is 0 Å². The summed E-state index contributed by atoms with van der Waals surface area (Å²) in [5, 5.41) is 14.5. The number of carbonyl (C=O) groups excluding carboxylic acids is 1. The zero-order valence-corrected chi connectivity index (χ0v) is 14.4. The largest absolute Gasteiger partial charge is 0.497 e. The molecule has 2 aromatic rings. The molecule has 2 aromatic carbocycles. The van der Waals surface area contributed by atoms with Gasteiger partial charge >= 0.3 is 0 Å². The van der Waals surface area contributed by atoms with E-state index in [1.807, 2.05) is 18.2 Å². The molecule has 8 heteroatoms. The van der Waals surface area contributed by atoms with Gasteiger partial charge in [-0.15, -0.1) is 11.8 Å². The van der Waals surface area contributed by atoms with Crippen LogP contribution in [0.1, 0.15) is 11.1 Å². The van der Waals surface area contributed by atoms with Gasteiger partial charge in [-0.1, -0.05) is 24.3 Å². The number of nitrogens with zero attached hydrogens (tertiary/aromatic N) is 2. The van der Waals surface area contributed by atoms with E-state index in [1.165, 1.54) is 23.9 Å². The highest BCUT2D eigenvalue weighted by Gasteiger charge is 2.05. The molecule has 0 saturated carbocycles. The quantitative estimate of drug-likeness (QED) is 0.444. The zero-order chi connectivity index (χ0) is 18.1. The first-order chi connectivity index (χ1) is 12.1. The first-order valence-corrected chi connectivity index (χ1v) is 8.51. The van der Waals surface area contributed by atoms with Crippen LogP contribution in [-0.2, 0) is 10.5 Å². The maximum absolute atomic E-state index is 11.7. The fraction of sp³-hybridized carbons (Fsp3) is 0.176. The summed E-state index contributed by atoms with van der Waals surface area (Å²) in [5.74, 6) is 1.33. The van der Waals surface area contributed by atoms with Gasteiger partial charge < -0.3 is 4.74 Å². The standard InChI is InChI=1S/C17H17N3O4S/c1-24-16-4-2-3-14(9-16)10-18-19-17(21)12-25-11-13-5-7-15(8-6-13)20(22)23/h2-10H,11-12H2,1H3,(H,19,21)/b18-10-. The van der Waals surface area contributed by atoms with Crippen molar-refractivity contribution in [1.82, 2.24) is 5.43 Å². The van der Waals surface area contributed by atoms with Crippen molar-refractivity contribution in [2.45, 2.75) is 5.75 Å². The summed E-state index contributed by atoms with van der Waals surface area (Å²) in [4.78, 5) is 21.9. The molecule has 0 aromatic heterocycles. The number of nitro benzene ring substituents is 1. The molecule has 1 N–H and O–H groups in total. The van der Waals surface area contributed by atoms with Gasteiger partial charge in [-0.2, -0.15) is 5.10 Å². The molecule has 0 aliphatic rings. The lowest BCUT2D eigenvalue weighted by Crippen LogP contribution is -2.19. The summed E-state index contributed by atoms with van der Waals surface area (Å²) in [7, 11) is 1.58. The molecule has 25 heavy (non-hydrogen) atoms. The summed E-state index contributed by atoms with van der Waals surface area (Å²) in [5.41, 5.74) is 4.25. The summed E-state index contributed by atoms with van der Waals surface area (Å²) in [6.07, 6.45) is 1.54. The molecule has 1 amide bonds. The van der Waals surface area contributed by atoms with Crippen LogP contribution in [0, 0.1) is 10.1 Å². The second-order valence-corrected chi connectivity index (χ2v) is 5.97. The number of methoxy groups -OCH3 is 1. The lowest BCUT2D eigenvalue weighted by Gasteiger charge is -2.02. The molecular weight excluding hydrogens is 342 g/mol. The Morgan fingerprint density at radius 1 is 1.32 bits per heavy atom. The van der Waals surface area contributed by atoms with Crippen LogP contribution in [0.25, 0.3) is 0 Å². The van der Waals surface area contributed by atoms with E-state index < -0.39 is 4.92 Å². The highest BCUT2D eigenvalue weighted by molar-refractivity contribution is 7.99. The van der Waals surface area contributed by atoms with E-state index in [0.29, 0.717) is 11.5 Å². The van der Waals surface area contributed by atoms with E-state index in [2.05, 4.69) is 10.5 Å². The van der Waals surface area contributed by atoms with Crippen molar-refractivity contribution < 1.29 is 14.5 Å². The molecular formula is C17H17N3O4S. The lowest BCUT2D eigenvalue weighted by atomic mass is 10.2. The Balaban J connectivity index is 1.73. The highest BCUT2D eigenvalue weighted by atomic mass is 32.2. The Morgan fingerprint density at radius 2 is 2.08 bits per heavy atom. The zero-order valence-electron chi connectivity index (χ0n) is 13.5. The maximum atomic E-state index is 11.7. The van der Waals surface area contributed by atoms with Crippen molar-refractivity contribution in [1.29, 1.82) is 0 Å². The Kier molecular flexibility index (Phi) is 6.97. The number of hydrogen-bond acceptors (Lipinski definition) is 6. The molecule has 0 radical (unpaired) electrons. The third-order valence-corrected chi connectivity index (χ3v) is 4.15. The Hall–Kier alpha value is -2.87. The first kappa shape index (κ1) is 18.5. The molecule has 7 nitrogen and oxygen atoms in total. The van der Waals surface area contributed by atoms with Gasteiger partial charge in [0.25, 0.3) is 5.69 Å². The van der Waals surface area contributed by atoms with Crippen molar-refractivity contribution in [3.05, 3.63) is 69.8 Å². The van der Waals surface area contributed by atoms with Crippen LogP contribution < -0.4 is 10.2 Å². The second-order valence-electron chi connectivity index (χ2n) is 4.99. The van der Waals surface area contributed by atoms with E-state index in [0.717, 1.165) is 11.1 Å². The minimum Gasteiger partial charge on any atom is -0.497 e. The molecule has 0 unspecified atom stereocenters. The molecule has 0 heterocycles. The van der Waals surface area contributed by atoms with Crippen LogP contribution in [0.15, 0.2) is 53.6 Å². The van der Waals surface area contributed by atoms with Gasteiger partial charge in [0.15, 0.2) is 0 Å². The van der Waals surface area contributed by atoms with Crippen molar-refractivity contribution >= 4 is 29.6 Å². The van der Waals surface area contributed by atoms with Crippen molar-refractivity contribution in [3.63, 3.8) is 0 Å². The van der Waals surface area contributed by atoms with E-state index >= 15 is 0 Å². The fourth-order valence-corrected chi connectivity index (χ4v) is 2.69. The van der Waals surface area contributed by atoms with Crippen molar-refractivity contribution in [2.75, 3.05) is 12.9 Å². The topological polar surface area (TPSA) is 93.8 Å². The third-order valence-electron chi connectivity index (χ3n) is 3.15. The smallest absolute Gasteiger partial charge is 0.269 e. The van der Waals surface area contributed by atoms with Crippen molar-refractivity contribution in [2.24, 2.45) is 5.10 Å². The maximum Gasteiger partial charge on any atom is 0.269 e. The highest BCUT2D eigenvalue weighted by Crippen LogP contribution is 2.16. The summed E-state index contributed by atoms with van der Waals surface area (Å²) < 4.78 is 5.11. The average Bonchev–Trinajstić information content (AvgIpc) is 2.62. The molecule has 0 saturated heterocycles. The van der Waals surface area contributed by atoms with Gasteiger partial charge in [0.2, 0.25) is 5.91 Å². The van der Waals surface area contributed by atoms with Gasteiger partial charge in [-0.3, -0.25) is 14.9 Å². The second kappa shape index (κ2) is 9.43. The van der Waals surface area contributed by atoms with Crippen molar-refractivity contribution in [3.8, 4) is 5.75 Å². The Bertz CT molecular complexity index is 763. The normalized spacial score (nSPS) is 10.6. The number of nitrogens with one attached hydrogen (secondary N) is 1. The number of thioether (sulfide) groups is 1. The molecule has 130 valence electrons. The SMILES string of the molecule is COc1cccc(/C=N\NC(=O)CSCc2ccc([N+](=O)[O-])cc2)c1. The molecule has 0 bridgehead atoms. The number of amides is 1. The summed E-state index contributed by atoms with van der Waals surface area (Å²) in [6.45, 7) is 0. The number of benzene rings is 2. The van der Waals surface area contributed by atoms with Crippen LogP contribution in [-0.4, -0.2) is 29.9 Å². The molecule has 0 aliphatic heterocycles. The van der Waals surface area contributed by atoms with Crippen LogP contribution in [0.4, 0.5) is 5.69 Å². The number of carbonyl (C=O) groups is 1. The molecule has 2 rings (SSSR count). The number of nitro groups is 1. The Morgan fingerprint density at radius 3 is 2.76 bits per heavy atom. The number of hydrogen-bond donors (Lipinski definition) is 1. The monoisotopic (exact) mass is 359 g/mol. The predicted octanol–water partition coefficient (Wildman–Crippen LogP) is 2.99. The van der Waals surface area contributed by atoms with E-state index in [1.54, 1.807) is 31.5 Å². The van der Waals surface area contributed by atoms with Crippen LogP contribution >= 0.6 is 11.8 Å². The minimum absolute atomic E-state index is 0.0540. The van der Waals surface area contributed by atoms with Crippen LogP contribution in [0.5, 0.6) is 5.75 Å². The van der Waals surface area contributed by atoms with E-state index in [-0.39, 0.29) is 17.3 Å². The minimum atomic E-state index is -0.440. The van der Waals surface area contributed by atoms with Gasteiger partial charge in [0.05, 0.1) is 24.0 Å². The number of ether oxygens (including phenoxy) is 1. The first-order valence-electron chi connectivity index (χ1n) is 7.35. The van der Waals surface area contributed by atoms with Gasteiger partial charge in [0, 0.05) is 17.9 Å². The predicted molar refractivity (Wildman–Crippen MR) is 98.0 cm³/mol. The molecule has 0 spiro atoms. The summed E-state index contributed by atoms with van der Waals surface area (Å²) in [6, 6.07) is 13.6. The van der Waals surface area contributed by atoms with Gasteiger partial charge in [0.1, 0.15) is 5.75 Å². The van der Waals surface area contributed by atoms with Crippen LogP contribution in [0.2, 0.25) is 0 Å². The molecule has 0 fully saturated rings. The number of non-ortho nitro benzene ring substituents is 1. The van der Waals surface area contributed by atoms with Gasteiger partial charge in [-0.05, 0) is 23.3 Å². The third kappa shape index (κ3) is 6.27. The van der Waals surface area contributed by atoms with E-state index in [4.69, 9.17) is 4.74 Å². The number of hydrazone groups is 1. The van der Waals surface area contributed by atoms with E-state index in [9.17, 15) is 14.9 Å². The average molecular weight is 359 g/mol. The lowest BCUT2D eigenvalue weighted by molar-refractivity contribution is -0.384. The number of rotatable bonds is 8. The fourth-order valence-electron chi connectivity index (χ4n) is 1.91. The molecule has 0 atom stereocenters.